The van der Waals surface area contributed by atoms with Gasteiger partial charge in [0.1, 0.15) is 17.6 Å². The molecule has 7 nitrogen and oxygen atoms in total. The van der Waals surface area contributed by atoms with Gasteiger partial charge in [-0.25, -0.2) is 13.5 Å². The fourth-order valence-electron chi connectivity index (χ4n) is 4.58. The van der Waals surface area contributed by atoms with Crippen molar-refractivity contribution < 1.29 is 18.1 Å². The van der Waals surface area contributed by atoms with Crippen LogP contribution in [-0.4, -0.2) is 51.3 Å². The Morgan fingerprint density at radius 2 is 1.91 bits per heavy atom. The summed E-state index contributed by atoms with van der Waals surface area (Å²) in [6, 6.07) is 2.61. The standard InChI is InChI=1S/C23H33F2N5O2/c1-13(2)18-11-16(28-32-18)22(31)29-8-6-14(7-9-29)15-10-17(21(24)25)30-20(26-15)12-19(27-30)23(3,4)5/h11-15,17,21,26H,6-10H2,1-5H3/t15-,17+/m0/s1. The fourth-order valence-corrected chi connectivity index (χ4v) is 4.58. The smallest absolute Gasteiger partial charge is 0.276 e. The second-order valence-electron chi connectivity index (χ2n) is 10.4. The average Bonchev–Trinajstić information content (AvgIpc) is 3.39. The predicted octanol–water partition coefficient (Wildman–Crippen LogP) is 4.83. The second-order valence-corrected chi connectivity index (χ2v) is 10.4. The van der Waals surface area contributed by atoms with Crippen molar-refractivity contribution in [3.05, 3.63) is 29.3 Å². The predicted molar refractivity (Wildman–Crippen MR) is 117 cm³/mol. The zero-order valence-electron chi connectivity index (χ0n) is 19.4. The summed E-state index contributed by atoms with van der Waals surface area (Å²) < 4.78 is 34.5. The highest BCUT2D eigenvalue weighted by Gasteiger charge is 2.39. The Hall–Kier alpha value is -2.45. The van der Waals surface area contributed by atoms with Crippen LogP contribution in [0.2, 0.25) is 0 Å². The quantitative estimate of drug-likeness (QED) is 0.723. The van der Waals surface area contributed by atoms with E-state index in [0.717, 1.165) is 18.5 Å². The Labute approximate surface area is 187 Å². The summed E-state index contributed by atoms with van der Waals surface area (Å²) in [5, 5.41) is 11.9. The highest BCUT2D eigenvalue weighted by Crippen LogP contribution is 2.38. The van der Waals surface area contributed by atoms with Crippen molar-refractivity contribution in [2.75, 3.05) is 18.4 Å². The van der Waals surface area contributed by atoms with Gasteiger partial charge in [0.05, 0.1) is 5.69 Å². The van der Waals surface area contributed by atoms with Crippen molar-refractivity contribution in [2.24, 2.45) is 5.92 Å². The molecule has 9 heteroatoms. The third kappa shape index (κ3) is 4.38. The number of piperidine rings is 1. The molecule has 4 heterocycles. The van der Waals surface area contributed by atoms with Crippen molar-refractivity contribution in [1.29, 1.82) is 0 Å². The molecule has 4 rings (SSSR count). The molecule has 0 bridgehead atoms. The molecule has 0 aliphatic carbocycles. The van der Waals surface area contributed by atoms with Crippen LogP contribution in [0.4, 0.5) is 14.6 Å². The molecule has 2 aliphatic heterocycles. The Bertz CT molecular complexity index is 954. The number of nitrogens with one attached hydrogen (secondary N) is 1. The molecule has 0 spiro atoms. The summed E-state index contributed by atoms with van der Waals surface area (Å²) in [7, 11) is 0. The van der Waals surface area contributed by atoms with Crippen molar-refractivity contribution in [3.63, 3.8) is 0 Å². The lowest BCUT2D eigenvalue weighted by molar-refractivity contribution is 0.0534. The number of halogens is 2. The van der Waals surface area contributed by atoms with Gasteiger partial charge in [-0.2, -0.15) is 5.10 Å². The van der Waals surface area contributed by atoms with E-state index in [0.29, 0.717) is 36.8 Å². The van der Waals surface area contributed by atoms with Gasteiger partial charge < -0.3 is 14.7 Å². The normalized spacial score (nSPS) is 22.3. The van der Waals surface area contributed by atoms with Crippen LogP contribution in [0.15, 0.2) is 16.7 Å². The van der Waals surface area contributed by atoms with Gasteiger partial charge in [-0.05, 0) is 25.2 Å². The first-order valence-corrected chi connectivity index (χ1v) is 11.4. The lowest BCUT2D eigenvalue weighted by atomic mass is 9.85. The fraction of sp³-hybridized carbons (Fsp3) is 0.696. The third-order valence-electron chi connectivity index (χ3n) is 6.65. The van der Waals surface area contributed by atoms with E-state index >= 15 is 0 Å². The van der Waals surface area contributed by atoms with Crippen LogP contribution < -0.4 is 5.32 Å². The average molecular weight is 450 g/mol. The molecular weight excluding hydrogens is 416 g/mol. The Morgan fingerprint density at radius 1 is 1.22 bits per heavy atom. The number of nitrogens with zero attached hydrogens (tertiary/aromatic N) is 4. The topological polar surface area (TPSA) is 76.2 Å². The molecule has 32 heavy (non-hydrogen) atoms. The van der Waals surface area contributed by atoms with Crippen molar-refractivity contribution in [2.45, 2.75) is 83.7 Å². The number of likely N-dealkylation sites (tertiary alicyclic amines) is 1. The summed E-state index contributed by atoms with van der Waals surface area (Å²) in [6.45, 7) is 11.2. The Balaban J connectivity index is 1.43. The summed E-state index contributed by atoms with van der Waals surface area (Å²) in [5.74, 6) is 1.61. The molecule has 0 aromatic carbocycles. The van der Waals surface area contributed by atoms with Gasteiger partial charge in [-0.1, -0.05) is 39.8 Å². The molecule has 1 fully saturated rings. The summed E-state index contributed by atoms with van der Waals surface area (Å²) in [6.07, 6.45) is -0.631. The first kappa shape index (κ1) is 22.7. The molecule has 1 saturated heterocycles. The first-order valence-electron chi connectivity index (χ1n) is 11.4. The number of carbonyl (C=O) groups excluding carboxylic acids is 1. The van der Waals surface area contributed by atoms with E-state index in [2.05, 4.69) is 15.6 Å². The van der Waals surface area contributed by atoms with Crippen LogP contribution in [0.1, 0.15) is 87.8 Å². The van der Waals surface area contributed by atoms with Crippen LogP contribution in [-0.2, 0) is 5.41 Å². The molecule has 1 amide bonds. The number of hydrogen-bond donors (Lipinski definition) is 1. The van der Waals surface area contributed by atoms with Gasteiger partial charge in [-0.3, -0.25) is 4.79 Å². The molecule has 2 aliphatic rings. The summed E-state index contributed by atoms with van der Waals surface area (Å²) in [4.78, 5) is 14.6. The molecule has 1 N–H and O–H groups in total. The van der Waals surface area contributed by atoms with Crippen LogP contribution in [0.5, 0.6) is 0 Å². The maximum atomic E-state index is 13.9. The lowest BCUT2D eigenvalue weighted by Crippen LogP contribution is -2.46. The molecular formula is C23H33F2N5O2. The van der Waals surface area contributed by atoms with Crippen LogP contribution in [0.3, 0.4) is 0 Å². The molecule has 0 radical (unpaired) electrons. The number of rotatable bonds is 4. The summed E-state index contributed by atoms with van der Waals surface area (Å²) >= 11 is 0. The van der Waals surface area contributed by atoms with Crippen LogP contribution in [0, 0.1) is 5.92 Å². The van der Waals surface area contributed by atoms with Gasteiger partial charge in [0.2, 0.25) is 0 Å². The lowest BCUT2D eigenvalue weighted by Gasteiger charge is -2.40. The highest BCUT2D eigenvalue weighted by molar-refractivity contribution is 5.92. The van der Waals surface area contributed by atoms with Gasteiger partial charge in [0.15, 0.2) is 5.69 Å². The number of anilines is 1. The number of alkyl halides is 2. The van der Waals surface area contributed by atoms with E-state index in [-0.39, 0.29) is 29.2 Å². The minimum atomic E-state index is -2.48. The van der Waals surface area contributed by atoms with E-state index in [1.54, 1.807) is 11.0 Å². The van der Waals surface area contributed by atoms with Gasteiger partial charge in [0, 0.05) is 42.6 Å². The monoisotopic (exact) mass is 449 g/mol. The Kier molecular flexibility index (Phi) is 6.02. The van der Waals surface area contributed by atoms with E-state index in [1.807, 2.05) is 40.7 Å². The van der Waals surface area contributed by atoms with Gasteiger partial charge in [0.25, 0.3) is 12.3 Å². The van der Waals surface area contributed by atoms with Crippen LogP contribution in [0.25, 0.3) is 0 Å². The summed E-state index contributed by atoms with van der Waals surface area (Å²) in [5.41, 5.74) is 0.926. The van der Waals surface area contributed by atoms with E-state index in [1.165, 1.54) is 4.68 Å². The van der Waals surface area contributed by atoms with Gasteiger partial charge in [-0.15, -0.1) is 0 Å². The molecule has 2 atom stereocenters. The first-order chi connectivity index (χ1) is 15.0. The van der Waals surface area contributed by atoms with Crippen molar-refractivity contribution >= 4 is 11.7 Å². The number of hydrogen-bond acceptors (Lipinski definition) is 5. The molecule has 0 unspecified atom stereocenters. The highest BCUT2D eigenvalue weighted by atomic mass is 19.3. The maximum absolute atomic E-state index is 13.9. The maximum Gasteiger partial charge on any atom is 0.276 e. The number of aromatic nitrogens is 3. The minimum Gasteiger partial charge on any atom is -0.367 e. The number of carbonyl (C=O) groups is 1. The van der Waals surface area contributed by atoms with Gasteiger partial charge >= 0.3 is 0 Å². The SMILES string of the molecule is CC(C)c1cc(C(=O)N2CCC([C@@H]3C[C@H](C(F)F)n4nc(C(C)(C)C)cc4N3)CC2)no1. The van der Waals surface area contributed by atoms with E-state index < -0.39 is 12.5 Å². The number of fused-ring (bicyclic) bond motifs is 1. The minimum absolute atomic E-state index is 0.0668. The molecule has 0 saturated carbocycles. The molecule has 2 aromatic rings. The van der Waals surface area contributed by atoms with Crippen molar-refractivity contribution in [3.8, 4) is 0 Å². The second kappa shape index (κ2) is 8.48. The molecule has 176 valence electrons. The largest absolute Gasteiger partial charge is 0.367 e. The third-order valence-corrected chi connectivity index (χ3v) is 6.65. The van der Waals surface area contributed by atoms with Crippen molar-refractivity contribution in [1.82, 2.24) is 19.8 Å². The molecule has 2 aromatic heterocycles. The number of amides is 1. The zero-order valence-corrected chi connectivity index (χ0v) is 19.4. The Morgan fingerprint density at radius 3 is 2.47 bits per heavy atom. The van der Waals surface area contributed by atoms with Crippen LogP contribution >= 0.6 is 0 Å². The van der Waals surface area contributed by atoms with E-state index in [4.69, 9.17) is 4.52 Å². The van der Waals surface area contributed by atoms with E-state index in [9.17, 15) is 13.6 Å². The zero-order chi connectivity index (χ0) is 23.2.